The molecule has 0 unspecified atom stereocenters. The summed E-state index contributed by atoms with van der Waals surface area (Å²) in [5, 5.41) is 4.11. The van der Waals surface area contributed by atoms with Crippen LogP contribution in [0.3, 0.4) is 0 Å². The number of carbonyl (C=O) groups is 1. The number of pyridine rings is 1. The summed E-state index contributed by atoms with van der Waals surface area (Å²) in [6.45, 7) is 4.05. The van der Waals surface area contributed by atoms with Gasteiger partial charge in [0.05, 0.1) is 5.52 Å². The zero-order valence-corrected chi connectivity index (χ0v) is 13.9. The van der Waals surface area contributed by atoms with Gasteiger partial charge in [0.1, 0.15) is 0 Å². The standard InChI is InChI=1S/C19H24N2O2/c1-12-9-13(2)18-15(10-12)11-14(19(23)21-18)7-8-17(22)20-16-5-3-4-6-16/h9-11,16H,3-8H2,1-2H3,(H,20,22)(H,21,23). The van der Waals surface area contributed by atoms with Crippen molar-refractivity contribution in [2.75, 3.05) is 0 Å². The first-order valence-corrected chi connectivity index (χ1v) is 8.45. The molecule has 2 N–H and O–H groups in total. The minimum Gasteiger partial charge on any atom is -0.353 e. The number of hydrogen-bond donors (Lipinski definition) is 2. The van der Waals surface area contributed by atoms with Crippen LogP contribution in [0.5, 0.6) is 0 Å². The van der Waals surface area contributed by atoms with Gasteiger partial charge in [0, 0.05) is 18.0 Å². The fourth-order valence-corrected chi connectivity index (χ4v) is 3.54. The van der Waals surface area contributed by atoms with Crippen LogP contribution >= 0.6 is 0 Å². The Balaban J connectivity index is 1.73. The van der Waals surface area contributed by atoms with E-state index in [0.717, 1.165) is 29.3 Å². The van der Waals surface area contributed by atoms with Crippen LogP contribution in [0.1, 0.15) is 48.8 Å². The molecule has 0 saturated heterocycles. The van der Waals surface area contributed by atoms with Gasteiger partial charge in [0.25, 0.3) is 5.56 Å². The van der Waals surface area contributed by atoms with Crippen LogP contribution in [0.15, 0.2) is 23.0 Å². The number of carbonyl (C=O) groups excluding carboxylic acids is 1. The molecule has 0 aliphatic heterocycles. The molecule has 1 aromatic heterocycles. The first-order valence-electron chi connectivity index (χ1n) is 8.45. The number of amides is 1. The molecule has 1 aromatic carbocycles. The van der Waals surface area contributed by atoms with Crippen LogP contribution in [0.2, 0.25) is 0 Å². The number of hydrogen-bond acceptors (Lipinski definition) is 2. The fraction of sp³-hybridized carbons (Fsp3) is 0.474. The number of aryl methyl sites for hydroxylation is 3. The molecule has 3 rings (SSSR count). The minimum atomic E-state index is -0.0851. The third-order valence-electron chi connectivity index (χ3n) is 4.71. The van der Waals surface area contributed by atoms with Crippen molar-refractivity contribution in [3.63, 3.8) is 0 Å². The number of H-pyrrole nitrogens is 1. The van der Waals surface area contributed by atoms with Crippen LogP contribution < -0.4 is 10.9 Å². The van der Waals surface area contributed by atoms with Gasteiger partial charge in [0.15, 0.2) is 0 Å². The molecule has 23 heavy (non-hydrogen) atoms. The molecule has 1 aliphatic carbocycles. The van der Waals surface area contributed by atoms with E-state index in [2.05, 4.69) is 22.4 Å². The lowest BCUT2D eigenvalue weighted by molar-refractivity contribution is -0.121. The minimum absolute atomic E-state index is 0.0526. The highest BCUT2D eigenvalue weighted by molar-refractivity contribution is 5.83. The molecule has 1 amide bonds. The molecule has 1 aliphatic rings. The largest absolute Gasteiger partial charge is 0.353 e. The van der Waals surface area contributed by atoms with Crippen LogP contribution in [-0.4, -0.2) is 16.9 Å². The Bertz CT molecular complexity index is 786. The molecule has 122 valence electrons. The van der Waals surface area contributed by atoms with Crippen molar-refractivity contribution in [1.29, 1.82) is 0 Å². The van der Waals surface area contributed by atoms with Gasteiger partial charge in [-0.3, -0.25) is 9.59 Å². The van der Waals surface area contributed by atoms with Gasteiger partial charge >= 0.3 is 0 Å². The zero-order chi connectivity index (χ0) is 16.4. The monoisotopic (exact) mass is 312 g/mol. The van der Waals surface area contributed by atoms with Gasteiger partial charge in [-0.1, -0.05) is 24.5 Å². The molecule has 0 bridgehead atoms. The van der Waals surface area contributed by atoms with E-state index in [0.29, 0.717) is 24.4 Å². The highest BCUT2D eigenvalue weighted by Crippen LogP contribution is 2.19. The second kappa shape index (κ2) is 6.57. The second-order valence-corrected chi connectivity index (χ2v) is 6.72. The molecule has 0 atom stereocenters. The van der Waals surface area contributed by atoms with Crippen molar-refractivity contribution >= 4 is 16.8 Å². The van der Waals surface area contributed by atoms with E-state index in [-0.39, 0.29) is 11.5 Å². The van der Waals surface area contributed by atoms with Crippen LogP contribution in [-0.2, 0) is 11.2 Å². The predicted molar refractivity (Wildman–Crippen MR) is 92.8 cm³/mol. The Hall–Kier alpha value is -2.10. The van der Waals surface area contributed by atoms with Crippen molar-refractivity contribution in [3.05, 3.63) is 45.2 Å². The van der Waals surface area contributed by atoms with Crippen molar-refractivity contribution in [1.82, 2.24) is 10.3 Å². The van der Waals surface area contributed by atoms with E-state index in [4.69, 9.17) is 0 Å². The first-order chi connectivity index (χ1) is 11.0. The van der Waals surface area contributed by atoms with Gasteiger partial charge < -0.3 is 10.3 Å². The third-order valence-corrected chi connectivity index (χ3v) is 4.71. The van der Waals surface area contributed by atoms with Crippen molar-refractivity contribution in [3.8, 4) is 0 Å². The average Bonchev–Trinajstić information content (AvgIpc) is 2.99. The van der Waals surface area contributed by atoms with Crippen LogP contribution in [0.25, 0.3) is 10.9 Å². The molecular weight excluding hydrogens is 288 g/mol. The summed E-state index contributed by atoms with van der Waals surface area (Å²) in [5.41, 5.74) is 3.73. The van der Waals surface area contributed by atoms with Gasteiger partial charge in [-0.2, -0.15) is 0 Å². The summed E-state index contributed by atoms with van der Waals surface area (Å²) in [6, 6.07) is 6.40. The number of aromatic amines is 1. The normalized spacial score (nSPS) is 15.2. The molecular formula is C19H24N2O2. The third kappa shape index (κ3) is 3.63. The van der Waals surface area contributed by atoms with Crippen molar-refractivity contribution < 1.29 is 4.79 Å². The molecule has 0 radical (unpaired) electrons. The Morgan fingerprint density at radius 1 is 1.22 bits per heavy atom. The number of aromatic nitrogens is 1. The fourth-order valence-electron chi connectivity index (χ4n) is 3.54. The topological polar surface area (TPSA) is 62.0 Å². The highest BCUT2D eigenvalue weighted by Gasteiger charge is 2.17. The Labute approximate surface area is 136 Å². The van der Waals surface area contributed by atoms with Crippen LogP contribution in [0.4, 0.5) is 0 Å². The predicted octanol–water partition coefficient (Wildman–Crippen LogP) is 3.14. The number of nitrogens with one attached hydrogen (secondary N) is 2. The highest BCUT2D eigenvalue weighted by atomic mass is 16.1. The lowest BCUT2D eigenvalue weighted by Gasteiger charge is -2.12. The lowest BCUT2D eigenvalue weighted by atomic mass is 10.0. The Morgan fingerprint density at radius 3 is 2.70 bits per heavy atom. The molecule has 1 saturated carbocycles. The van der Waals surface area contributed by atoms with Crippen LogP contribution in [0, 0.1) is 13.8 Å². The van der Waals surface area contributed by atoms with E-state index >= 15 is 0 Å². The molecule has 4 nitrogen and oxygen atoms in total. The zero-order valence-electron chi connectivity index (χ0n) is 13.9. The molecule has 4 heteroatoms. The van der Waals surface area contributed by atoms with Gasteiger partial charge in [-0.15, -0.1) is 0 Å². The van der Waals surface area contributed by atoms with E-state index in [9.17, 15) is 9.59 Å². The van der Waals surface area contributed by atoms with E-state index < -0.39 is 0 Å². The number of rotatable bonds is 4. The Morgan fingerprint density at radius 2 is 1.96 bits per heavy atom. The maximum Gasteiger partial charge on any atom is 0.251 e. The van der Waals surface area contributed by atoms with E-state index in [1.165, 1.54) is 18.4 Å². The summed E-state index contributed by atoms with van der Waals surface area (Å²) in [7, 11) is 0. The number of fused-ring (bicyclic) bond motifs is 1. The molecule has 0 spiro atoms. The summed E-state index contributed by atoms with van der Waals surface area (Å²) >= 11 is 0. The lowest BCUT2D eigenvalue weighted by Crippen LogP contribution is -2.33. The SMILES string of the molecule is Cc1cc(C)c2[nH]c(=O)c(CCC(=O)NC3CCCC3)cc2c1. The van der Waals surface area contributed by atoms with Gasteiger partial charge in [-0.05, 0) is 56.2 Å². The van der Waals surface area contributed by atoms with Crippen molar-refractivity contribution in [2.45, 2.75) is 58.4 Å². The quantitative estimate of drug-likeness (QED) is 0.911. The maximum absolute atomic E-state index is 12.2. The molecule has 2 aromatic rings. The van der Waals surface area contributed by atoms with E-state index in [1.54, 1.807) is 0 Å². The second-order valence-electron chi connectivity index (χ2n) is 6.72. The summed E-state index contributed by atoms with van der Waals surface area (Å²) in [6.07, 6.45) is 5.43. The summed E-state index contributed by atoms with van der Waals surface area (Å²) in [4.78, 5) is 27.2. The average molecular weight is 312 g/mol. The molecule has 1 fully saturated rings. The summed E-state index contributed by atoms with van der Waals surface area (Å²) < 4.78 is 0. The van der Waals surface area contributed by atoms with Gasteiger partial charge in [0.2, 0.25) is 5.91 Å². The van der Waals surface area contributed by atoms with Crippen molar-refractivity contribution in [2.24, 2.45) is 0 Å². The van der Waals surface area contributed by atoms with Gasteiger partial charge in [-0.25, -0.2) is 0 Å². The smallest absolute Gasteiger partial charge is 0.251 e. The van der Waals surface area contributed by atoms with E-state index in [1.807, 2.05) is 19.9 Å². The summed E-state index contributed by atoms with van der Waals surface area (Å²) in [5.74, 6) is 0.0526. The number of benzene rings is 1. The maximum atomic E-state index is 12.2. The Kier molecular flexibility index (Phi) is 4.51. The molecule has 1 heterocycles. The first kappa shape index (κ1) is 15.8.